The molecule has 2 aromatic carbocycles. The summed E-state index contributed by atoms with van der Waals surface area (Å²) in [6.45, 7) is 1.40. The highest BCUT2D eigenvalue weighted by atomic mass is 16.2. The lowest BCUT2D eigenvalue weighted by Gasteiger charge is -2.33. The first-order valence-electron chi connectivity index (χ1n) is 8.99. The molecule has 1 fully saturated rings. The van der Waals surface area contributed by atoms with Crippen molar-refractivity contribution < 1.29 is 9.59 Å². The van der Waals surface area contributed by atoms with E-state index in [4.69, 9.17) is 0 Å². The lowest BCUT2D eigenvalue weighted by atomic mass is 9.89. The Morgan fingerprint density at radius 2 is 1.73 bits per heavy atom. The Labute approximate surface area is 152 Å². The van der Waals surface area contributed by atoms with Gasteiger partial charge in [0.25, 0.3) is 5.91 Å². The number of aldehydes is 1. The lowest BCUT2D eigenvalue weighted by Crippen LogP contribution is -2.45. The highest BCUT2D eigenvalue weighted by Crippen LogP contribution is 2.30. The molecule has 0 saturated carbocycles. The number of hydrogen-bond donors (Lipinski definition) is 1. The monoisotopic (exact) mass is 347 g/mol. The molecule has 2 aliphatic rings. The third-order valence-corrected chi connectivity index (χ3v) is 5.19. The summed E-state index contributed by atoms with van der Waals surface area (Å²) in [5.41, 5.74) is 2.92. The van der Waals surface area contributed by atoms with Gasteiger partial charge < -0.3 is 15.0 Å². The molecule has 2 aliphatic heterocycles. The van der Waals surface area contributed by atoms with Gasteiger partial charge in [-0.3, -0.25) is 4.79 Å². The first-order chi connectivity index (χ1) is 12.8. The van der Waals surface area contributed by atoms with Gasteiger partial charge >= 0.3 is 0 Å². The highest BCUT2D eigenvalue weighted by molar-refractivity contribution is 6.43. The summed E-state index contributed by atoms with van der Waals surface area (Å²) >= 11 is 0. The Morgan fingerprint density at radius 1 is 1.04 bits per heavy atom. The molecule has 2 heterocycles. The number of benzene rings is 2. The third kappa shape index (κ3) is 3.12. The number of likely N-dealkylation sites (tertiary alicyclic amines) is 1. The van der Waals surface area contributed by atoms with Crippen LogP contribution in [0.3, 0.4) is 0 Å². The number of nitrogens with zero attached hydrogens (tertiary/aromatic N) is 2. The summed E-state index contributed by atoms with van der Waals surface area (Å²) in [4.78, 5) is 30.5. The Bertz CT molecular complexity index is 839. The number of hydrogen-bond acceptors (Lipinski definition) is 4. The van der Waals surface area contributed by atoms with Crippen molar-refractivity contribution in [1.82, 2.24) is 4.90 Å². The van der Waals surface area contributed by atoms with Gasteiger partial charge in [0.15, 0.2) is 5.84 Å². The van der Waals surface area contributed by atoms with E-state index >= 15 is 0 Å². The summed E-state index contributed by atoms with van der Waals surface area (Å²) in [7, 11) is 0. The van der Waals surface area contributed by atoms with E-state index in [0.29, 0.717) is 19.0 Å². The molecule has 1 amide bonds. The zero-order chi connectivity index (χ0) is 17.9. The summed E-state index contributed by atoms with van der Waals surface area (Å²) in [5.74, 6) is 0.627. The first kappa shape index (κ1) is 16.5. The fourth-order valence-corrected chi connectivity index (χ4v) is 3.74. The number of rotatable bonds is 3. The largest absolute Gasteiger partial charge is 0.336 e. The van der Waals surface area contributed by atoms with Crippen LogP contribution in [0.25, 0.3) is 0 Å². The first-order valence-corrected chi connectivity index (χ1v) is 8.99. The number of aliphatic imine (C=N–C) groups is 1. The van der Waals surface area contributed by atoms with E-state index < -0.39 is 6.04 Å². The maximum Gasteiger partial charge on any atom is 0.289 e. The van der Waals surface area contributed by atoms with Gasteiger partial charge in [-0.15, -0.1) is 0 Å². The van der Waals surface area contributed by atoms with Crippen LogP contribution in [0.2, 0.25) is 0 Å². The van der Waals surface area contributed by atoms with Crippen molar-refractivity contribution in [2.45, 2.75) is 24.8 Å². The number of amides is 1. The van der Waals surface area contributed by atoms with Gasteiger partial charge in [0.2, 0.25) is 0 Å². The smallest absolute Gasteiger partial charge is 0.289 e. The number of anilines is 1. The molecule has 132 valence electrons. The Kier molecular flexibility index (Phi) is 4.52. The van der Waals surface area contributed by atoms with Crippen LogP contribution in [0.15, 0.2) is 59.6 Å². The molecule has 0 aromatic heterocycles. The maximum atomic E-state index is 12.9. The van der Waals surface area contributed by atoms with Crippen molar-refractivity contribution in [1.29, 1.82) is 0 Å². The van der Waals surface area contributed by atoms with E-state index in [2.05, 4.69) is 34.6 Å². The van der Waals surface area contributed by atoms with Crippen molar-refractivity contribution >= 4 is 23.7 Å². The molecule has 0 bridgehead atoms. The minimum absolute atomic E-state index is 0.127. The molecule has 26 heavy (non-hydrogen) atoms. The molecule has 0 aliphatic carbocycles. The van der Waals surface area contributed by atoms with Gasteiger partial charge in [0.1, 0.15) is 12.3 Å². The predicted molar refractivity (Wildman–Crippen MR) is 101 cm³/mol. The SMILES string of the molecule is O=CC1N=C(C(=O)N2CCC(c3ccccc3)CC2)Nc2ccccc21. The molecule has 5 nitrogen and oxygen atoms in total. The van der Waals surface area contributed by atoms with Gasteiger partial charge in [-0.25, -0.2) is 4.99 Å². The van der Waals surface area contributed by atoms with Crippen LogP contribution in [0.1, 0.15) is 35.9 Å². The van der Waals surface area contributed by atoms with Gasteiger partial charge in [-0.1, -0.05) is 48.5 Å². The Morgan fingerprint density at radius 3 is 2.46 bits per heavy atom. The number of amidine groups is 1. The van der Waals surface area contributed by atoms with Crippen molar-refractivity contribution in [3.05, 3.63) is 65.7 Å². The molecule has 1 N–H and O–H groups in total. The van der Waals surface area contributed by atoms with Gasteiger partial charge in [0.05, 0.1) is 0 Å². The van der Waals surface area contributed by atoms with Gasteiger partial charge in [-0.05, 0) is 30.4 Å². The van der Waals surface area contributed by atoms with Crippen LogP contribution in [-0.2, 0) is 9.59 Å². The molecule has 0 radical (unpaired) electrons. The second-order valence-corrected chi connectivity index (χ2v) is 6.75. The van der Waals surface area contributed by atoms with E-state index in [1.165, 1.54) is 5.56 Å². The summed E-state index contributed by atoms with van der Waals surface area (Å²) in [6, 6.07) is 17.3. The Hall–Kier alpha value is -2.95. The quantitative estimate of drug-likeness (QED) is 0.868. The number of piperidine rings is 1. The molecule has 2 aromatic rings. The minimum Gasteiger partial charge on any atom is -0.336 e. The summed E-state index contributed by atoms with van der Waals surface area (Å²) in [6.07, 6.45) is 2.67. The van der Waals surface area contributed by atoms with Gasteiger partial charge in [0, 0.05) is 24.3 Å². The van der Waals surface area contributed by atoms with Crippen molar-refractivity contribution in [3.8, 4) is 0 Å². The maximum absolute atomic E-state index is 12.9. The Balaban J connectivity index is 1.46. The third-order valence-electron chi connectivity index (χ3n) is 5.19. The van der Waals surface area contributed by atoms with Crippen LogP contribution in [0.5, 0.6) is 0 Å². The average molecular weight is 347 g/mol. The van der Waals surface area contributed by atoms with Crippen molar-refractivity contribution in [3.63, 3.8) is 0 Å². The number of fused-ring (bicyclic) bond motifs is 1. The normalized spacial score (nSPS) is 19.9. The van der Waals surface area contributed by atoms with Crippen LogP contribution >= 0.6 is 0 Å². The fraction of sp³-hybridized carbons (Fsp3) is 0.286. The molecule has 5 heteroatoms. The number of para-hydroxylation sites is 1. The van der Waals surface area contributed by atoms with Crippen molar-refractivity contribution in [2.24, 2.45) is 4.99 Å². The number of carbonyl (C=O) groups excluding carboxylic acids is 2. The standard InChI is InChI=1S/C21H21N3O2/c25-14-19-17-8-4-5-9-18(17)22-20(23-19)21(26)24-12-10-16(11-13-24)15-6-2-1-3-7-15/h1-9,14,16,19H,10-13H2,(H,22,23). The molecular weight excluding hydrogens is 326 g/mol. The molecular formula is C21H21N3O2. The number of carbonyl (C=O) groups is 2. The fourth-order valence-electron chi connectivity index (χ4n) is 3.74. The van der Waals surface area contributed by atoms with Crippen LogP contribution in [-0.4, -0.2) is 36.0 Å². The van der Waals surface area contributed by atoms with E-state index in [0.717, 1.165) is 30.4 Å². The van der Waals surface area contributed by atoms with E-state index in [1.54, 1.807) is 0 Å². The highest BCUT2D eigenvalue weighted by Gasteiger charge is 2.30. The summed E-state index contributed by atoms with van der Waals surface area (Å²) in [5, 5.41) is 3.10. The predicted octanol–water partition coefficient (Wildman–Crippen LogP) is 3.16. The minimum atomic E-state index is -0.617. The average Bonchev–Trinajstić information content (AvgIpc) is 2.73. The molecule has 4 rings (SSSR count). The van der Waals surface area contributed by atoms with E-state index in [1.807, 2.05) is 35.2 Å². The topological polar surface area (TPSA) is 61.8 Å². The number of nitrogens with one attached hydrogen (secondary N) is 1. The molecule has 1 saturated heterocycles. The van der Waals surface area contributed by atoms with Crippen molar-refractivity contribution in [2.75, 3.05) is 18.4 Å². The van der Waals surface area contributed by atoms with Gasteiger partial charge in [-0.2, -0.15) is 0 Å². The van der Waals surface area contributed by atoms with Crippen LogP contribution in [0, 0.1) is 0 Å². The second kappa shape index (κ2) is 7.12. The molecule has 1 atom stereocenters. The summed E-state index contributed by atoms with van der Waals surface area (Å²) < 4.78 is 0. The molecule has 0 spiro atoms. The zero-order valence-corrected chi connectivity index (χ0v) is 14.5. The molecule has 1 unspecified atom stereocenters. The van der Waals surface area contributed by atoms with Crippen LogP contribution in [0.4, 0.5) is 5.69 Å². The zero-order valence-electron chi connectivity index (χ0n) is 14.5. The lowest BCUT2D eigenvalue weighted by molar-refractivity contribution is -0.125. The van der Waals surface area contributed by atoms with E-state index in [-0.39, 0.29) is 11.7 Å². The van der Waals surface area contributed by atoms with E-state index in [9.17, 15) is 9.59 Å². The second-order valence-electron chi connectivity index (χ2n) is 6.75. The van der Waals surface area contributed by atoms with Crippen LogP contribution < -0.4 is 5.32 Å².